The summed E-state index contributed by atoms with van der Waals surface area (Å²) in [6, 6.07) is 8.36. The van der Waals surface area contributed by atoms with Crippen molar-refractivity contribution in [3.8, 4) is 0 Å². The summed E-state index contributed by atoms with van der Waals surface area (Å²) in [6.07, 6.45) is 7.12. The number of likely N-dealkylation sites (tertiary alicyclic amines) is 1. The number of benzene rings is 1. The number of piperidine rings is 1. The van der Waals surface area contributed by atoms with Gasteiger partial charge >= 0.3 is 0 Å². The highest BCUT2D eigenvalue weighted by atomic mass is 127. The Balaban J connectivity index is 0.00000320. The van der Waals surface area contributed by atoms with Crippen LogP contribution in [-0.4, -0.2) is 63.5 Å². The van der Waals surface area contributed by atoms with Crippen molar-refractivity contribution in [3.63, 3.8) is 0 Å². The molecule has 1 N–H and O–H groups in total. The number of hydrogen-bond donors (Lipinski definition) is 1. The average molecular weight is 550 g/mol. The second-order valence-corrected chi connectivity index (χ2v) is 8.65. The van der Waals surface area contributed by atoms with E-state index in [4.69, 9.17) is 26.1 Å². The quantitative estimate of drug-likeness (QED) is 0.207. The van der Waals surface area contributed by atoms with Crippen LogP contribution in [-0.2, 0) is 14.9 Å². The summed E-state index contributed by atoms with van der Waals surface area (Å²) in [6.45, 7) is 7.41. The van der Waals surface area contributed by atoms with Crippen molar-refractivity contribution in [1.29, 1.82) is 0 Å². The van der Waals surface area contributed by atoms with E-state index >= 15 is 0 Å². The van der Waals surface area contributed by atoms with Gasteiger partial charge in [-0.3, -0.25) is 4.99 Å². The highest BCUT2D eigenvalue weighted by Crippen LogP contribution is 2.44. The summed E-state index contributed by atoms with van der Waals surface area (Å²) in [5, 5.41) is 4.30. The van der Waals surface area contributed by atoms with Crippen molar-refractivity contribution in [3.05, 3.63) is 34.9 Å². The Kier molecular flexibility index (Phi) is 11.2. The van der Waals surface area contributed by atoms with Gasteiger partial charge in [-0.15, -0.1) is 24.0 Å². The maximum atomic E-state index is 6.09. The maximum Gasteiger partial charge on any atom is 0.193 e. The van der Waals surface area contributed by atoms with Gasteiger partial charge in [-0.05, 0) is 56.7 Å². The van der Waals surface area contributed by atoms with Gasteiger partial charge in [-0.2, -0.15) is 0 Å². The molecule has 0 aromatic heterocycles. The molecule has 0 atom stereocenters. The fraction of sp³-hybridized carbons (Fsp3) is 0.696. The van der Waals surface area contributed by atoms with Crippen molar-refractivity contribution in [1.82, 2.24) is 10.2 Å². The predicted molar refractivity (Wildman–Crippen MR) is 135 cm³/mol. The van der Waals surface area contributed by atoms with Crippen LogP contribution in [0.3, 0.4) is 0 Å². The van der Waals surface area contributed by atoms with Gasteiger partial charge in [0.25, 0.3) is 0 Å². The normalized spacial score (nSPS) is 19.2. The molecule has 1 saturated carbocycles. The first-order chi connectivity index (χ1) is 14.2. The summed E-state index contributed by atoms with van der Waals surface area (Å²) in [5.41, 5.74) is 1.55. The summed E-state index contributed by atoms with van der Waals surface area (Å²) >= 11 is 6.09. The van der Waals surface area contributed by atoms with Crippen LogP contribution in [0.2, 0.25) is 5.02 Å². The van der Waals surface area contributed by atoms with E-state index in [0.29, 0.717) is 6.10 Å². The minimum Gasteiger partial charge on any atom is -0.385 e. The molecule has 30 heavy (non-hydrogen) atoms. The van der Waals surface area contributed by atoms with Crippen molar-refractivity contribution in [2.45, 2.75) is 57.0 Å². The Labute approximate surface area is 204 Å². The molecule has 2 aliphatic rings. The number of guanidine groups is 1. The molecule has 0 bridgehead atoms. The van der Waals surface area contributed by atoms with Gasteiger partial charge in [0.1, 0.15) is 0 Å². The molecule has 2 fully saturated rings. The number of nitrogens with one attached hydrogen (secondary N) is 1. The number of ether oxygens (including phenoxy) is 2. The van der Waals surface area contributed by atoms with Gasteiger partial charge in [-0.25, -0.2) is 0 Å². The summed E-state index contributed by atoms with van der Waals surface area (Å²) in [4.78, 5) is 7.48. The van der Waals surface area contributed by atoms with Gasteiger partial charge < -0.3 is 19.7 Å². The van der Waals surface area contributed by atoms with Gasteiger partial charge in [0, 0.05) is 50.4 Å². The zero-order valence-corrected chi connectivity index (χ0v) is 21.5. The molecule has 1 aromatic carbocycles. The first kappa shape index (κ1) is 25.7. The van der Waals surface area contributed by atoms with E-state index in [2.05, 4.69) is 29.3 Å². The Morgan fingerprint density at radius 3 is 2.47 bits per heavy atom. The minimum absolute atomic E-state index is 0. The highest BCUT2D eigenvalue weighted by molar-refractivity contribution is 14.0. The number of rotatable bonds is 9. The predicted octanol–water partition coefficient (Wildman–Crippen LogP) is 4.86. The Morgan fingerprint density at radius 1 is 1.20 bits per heavy atom. The minimum atomic E-state index is 0. The fourth-order valence-electron chi connectivity index (χ4n) is 4.28. The third-order valence-corrected chi connectivity index (χ3v) is 6.47. The Morgan fingerprint density at radius 2 is 1.90 bits per heavy atom. The van der Waals surface area contributed by atoms with Crippen LogP contribution in [0.25, 0.3) is 0 Å². The second kappa shape index (κ2) is 13.1. The maximum absolute atomic E-state index is 6.09. The van der Waals surface area contributed by atoms with Gasteiger partial charge in [0.05, 0.1) is 12.6 Å². The fourth-order valence-corrected chi connectivity index (χ4v) is 4.41. The van der Waals surface area contributed by atoms with Gasteiger partial charge in [0.2, 0.25) is 0 Å². The lowest BCUT2D eigenvalue weighted by Gasteiger charge is -2.42. The smallest absolute Gasteiger partial charge is 0.193 e. The highest BCUT2D eigenvalue weighted by Gasteiger charge is 2.38. The lowest BCUT2D eigenvalue weighted by Crippen LogP contribution is -2.48. The van der Waals surface area contributed by atoms with E-state index in [9.17, 15) is 0 Å². The zero-order valence-electron chi connectivity index (χ0n) is 18.4. The van der Waals surface area contributed by atoms with Gasteiger partial charge in [-0.1, -0.05) is 30.2 Å². The summed E-state index contributed by atoms with van der Waals surface area (Å²) in [7, 11) is 1.74. The Hall–Kier alpha value is -0.570. The van der Waals surface area contributed by atoms with Crippen LogP contribution in [0.4, 0.5) is 0 Å². The van der Waals surface area contributed by atoms with Crippen LogP contribution in [0.5, 0.6) is 0 Å². The van der Waals surface area contributed by atoms with E-state index in [1.54, 1.807) is 7.11 Å². The standard InChI is InChI=1S/C23H36ClN3O2.HI/c1-3-25-22(27-14-10-21(11-15-27)29-17-5-16-28-2)26-18-23(12-4-13-23)19-6-8-20(24)9-7-19;/h6-9,21H,3-5,10-18H2,1-2H3,(H,25,26);1H. The molecule has 3 rings (SSSR count). The van der Waals surface area contributed by atoms with E-state index in [1.165, 1.54) is 24.8 Å². The molecule has 0 spiro atoms. The molecule has 5 nitrogen and oxygen atoms in total. The molecular weight excluding hydrogens is 513 g/mol. The van der Waals surface area contributed by atoms with Crippen molar-refractivity contribution in [2.24, 2.45) is 4.99 Å². The lowest BCUT2D eigenvalue weighted by atomic mass is 9.64. The first-order valence-corrected chi connectivity index (χ1v) is 11.4. The molecule has 1 heterocycles. The first-order valence-electron chi connectivity index (χ1n) is 11.1. The van der Waals surface area contributed by atoms with E-state index in [-0.39, 0.29) is 29.4 Å². The van der Waals surface area contributed by atoms with Crippen LogP contribution in [0, 0.1) is 0 Å². The molecular formula is C23H37ClIN3O2. The van der Waals surface area contributed by atoms with Crippen molar-refractivity contribution < 1.29 is 9.47 Å². The number of halogens is 2. The van der Waals surface area contributed by atoms with Crippen LogP contribution in [0.1, 0.15) is 51.0 Å². The molecule has 170 valence electrons. The molecule has 0 unspecified atom stereocenters. The third-order valence-electron chi connectivity index (χ3n) is 6.22. The molecule has 1 saturated heterocycles. The van der Waals surface area contributed by atoms with Crippen molar-refractivity contribution >= 4 is 41.5 Å². The number of nitrogens with zero attached hydrogens (tertiary/aromatic N) is 2. The molecule has 7 heteroatoms. The summed E-state index contributed by atoms with van der Waals surface area (Å²) < 4.78 is 11.1. The average Bonchev–Trinajstić information content (AvgIpc) is 2.71. The summed E-state index contributed by atoms with van der Waals surface area (Å²) in [5.74, 6) is 1.05. The zero-order chi connectivity index (χ0) is 20.5. The largest absolute Gasteiger partial charge is 0.385 e. The lowest BCUT2D eigenvalue weighted by molar-refractivity contribution is 0.00987. The van der Waals surface area contributed by atoms with Crippen LogP contribution < -0.4 is 5.32 Å². The number of methoxy groups -OCH3 is 1. The van der Waals surface area contributed by atoms with E-state index in [1.807, 2.05) is 12.1 Å². The molecule has 1 aromatic rings. The molecule has 1 aliphatic carbocycles. The van der Waals surface area contributed by atoms with E-state index < -0.39 is 0 Å². The van der Waals surface area contributed by atoms with E-state index in [0.717, 1.165) is 69.6 Å². The molecule has 0 radical (unpaired) electrons. The van der Waals surface area contributed by atoms with Gasteiger partial charge in [0.15, 0.2) is 5.96 Å². The molecule has 0 amide bonds. The van der Waals surface area contributed by atoms with Crippen LogP contribution >= 0.6 is 35.6 Å². The third kappa shape index (κ3) is 6.97. The Bertz CT molecular complexity index is 644. The van der Waals surface area contributed by atoms with Crippen LogP contribution in [0.15, 0.2) is 29.3 Å². The molecule has 1 aliphatic heterocycles. The topological polar surface area (TPSA) is 46.1 Å². The van der Waals surface area contributed by atoms with Crippen molar-refractivity contribution in [2.75, 3.05) is 46.5 Å². The SMILES string of the molecule is CCNC(=NCC1(c2ccc(Cl)cc2)CCC1)N1CCC(OCCCOC)CC1.I. The monoisotopic (exact) mass is 549 g/mol. The number of hydrogen-bond acceptors (Lipinski definition) is 3. The second-order valence-electron chi connectivity index (χ2n) is 8.21. The number of aliphatic imine (C=N–C) groups is 1.